The second kappa shape index (κ2) is 4.93. The molecule has 0 aliphatic carbocycles. The second-order valence-electron chi connectivity index (χ2n) is 4.78. The summed E-state index contributed by atoms with van der Waals surface area (Å²) >= 11 is 0. The van der Waals surface area contributed by atoms with Crippen LogP contribution in [0.2, 0.25) is 0 Å². The summed E-state index contributed by atoms with van der Waals surface area (Å²) in [5, 5.41) is 17.4. The molecule has 5 nitrogen and oxygen atoms in total. The Balaban J connectivity index is 1.94. The van der Waals surface area contributed by atoms with E-state index in [0.717, 1.165) is 37.6 Å². The van der Waals surface area contributed by atoms with Crippen LogP contribution in [0.15, 0.2) is 30.5 Å². The number of anilines is 1. The number of hydrogen-bond acceptors (Lipinski definition) is 4. The van der Waals surface area contributed by atoms with E-state index >= 15 is 0 Å². The van der Waals surface area contributed by atoms with Crippen LogP contribution in [-0.2, 0) is 0 Å². The molecule has 0 unspecified atom stereocenters. The van der Waals surface area contributed by atoms with Gasteiger partial charge >= 0.3 is 0 Å². The fraction of sp³-hybridized carbons (Fsp3) is 0.357. The van der Waals surface area contributed by atoms with E-state index in [4.69, 9.17) is 0 Å². The number of nitrogens with one attached hydrogen (secondary N) is 1. The van der Waals surface area contributed by atoms with Gasteiger partial charge in [0.1, 0.15) is 5.75 Å². The molecule has 0 amide bonds. The SMILES string of the molecule is Cc1c(N2CCNCC2)cnn1-c1cccc(O)c1. The Morgan fingerprint density at radius 2 is 2.05 bits per heavy atom. The molecule has 0 bridgehead atoms. The van der Waals surface area contributed by atoms with E-state index < -0.39 is 0 Å². The summed E-state index contributed by atoms with van der Waals surface area (Å²) in [5.74, 6) is 0.260. The zero-order valence-electron chi connectivity index (χ0n) is 11.0. The Labute approximate surface area is 112 Å². The molecule has 2 heterocycles. The predicted octanol–water partition coefficient (Wildman–Crippen LogP) is 1.30. The van der Waals surface area contributed by atoms with E-state index in [1.165, 1.54) is 5.69 Å². The Hall–Kier alpha value is -2.01. The molecule has 0 saturated carbocycles. The molecule has 1 aliphatic rings. The first-order chi connectivity index (χ1) is 9.25. The van der Waals surface area contributed by atoms with Gasteiger partial charge < -0.3 is 15.3 Å². The second-order valence-corrected chi connectivity index (χ2v) is 4.78. The predicted molar refractivity (Wildman–Crippen MR) is 75.0 cm³/mol. The number of piperazine rings is 1. The highest BCUT2D eigenvalue weighted by Crippen LogP contribution is 2.24. The maximum absolute atomic E-state index is 9.56. The zero-order valence-corrected chi connectivity index (χ0v) is 11.0. The van der Waals surface area contributed by atoms with Crippen LogP contribution in [0.25, 0.3) is 5.69 Å². The highest BCUT2D eigenvalue weighted by molar-refractivity contribution is 5.53. The van der Waals surface area contributed by atoms with Gasteiger partial charge in [0.25, 0.3) is 0 Å². The Kier molecular flexibility index (Phi) is 3.13. The first kappa shape index (κ1) is 12.0. The van der Waals surface area contributed by atoms with Crippen LogP contribution < -0.4 is 10.2 Å². The Bertz CT molecular complexity index is 573. The fourth-order valence-electron chi connectivity index (χ4n) is 2.50. The van der Waals surface area contributed by atoms with Gasteiger partial charge in [-0.15, -0.1) is 0 Å². The van der Waals surface area contributed by atoms with Crippen molar-refractivity contribution in [1.29, 1.82) is 0 Å². The summed E-state index contributed by atoms with van der Waals surface area (Å²) in [6.07, 6.45) is 1.91. The highest BCUT2D eigenvalue weighted by Gasteiger charge is 2.16. The lowest BCUT2D eigenvalue weighted by Gasteiger charge is -2.28. The minimum absolute atomic E-state index is 0.260. The lowest BCUT2D eigenvalue weighted by Crippen LogP contribution is -2.43. The standard InChI is InChI=1S/C14H18N4O/c1-11-14(17-7-5-15-6-8-17)10-16-18(11)12-3-2-4-13(19)9-12/h2-4,9-10,15,19H,5-8H2,1H3. The van der Waals surface area contributed by atoms with Gasteiger partial charge in [-0.1, -0.05) is 6.07 Å². The molecule has 1 aliphatic heterocycles. The molecule has 19 heavy (non-hydrogen) atoms. The number of hydrogen-bond donors (Lipinski definition) is 2. The summed E-state index contributed by atoms with van der Waals surface area (Å²) in [4.78, 5) is 2.35. The van der Waals surface area contributed by atoms with Gasteiger partial charge in [0.2, 0.25) is 0 Å². The van der Waals surface area contributed by atoms with Gasteiger partial charge in [0, 0.05) is 32.2 Å². The third-order valence-corrected chi connectivity index (χ3v) is 3.52. The van der Waals surface area contributed by atoms with E-state index in [-0.39, 0.29) is 5.75 Å². The van der Waals surface area contributed by atoms with Crippen molar-refractivity contribution in [2.45, 2.75) is 6.92 Å². The molecule has 0 atom stereocenters. The first-order valence-corrected chi connectivity index (χ1v) is 6.55. The van der Waals surface area contributed by atoms with Gasteiger partial charge in [0.05, 0.1) is 23.3 Å². The molecule has 2 aromatic rings. The Morgan fingerprint density at radius 3 is 2.79 bits per heavy atom. The third kappa shape index (κ3) is 2.29. The van der Waals surface area contributed by atoms with Gasteiger partial charge in [0.15, 0.2) is 0 Å². The summed E-state index contributed by atoms with van der Waals surface area (Å²) in [6, 6.07) is 7.17. The largest absolute Gasteiger partial charge is 0.508 e. The van der Waals surface area contributed by atoms with Crippen LogP contribution in [-0.4, -0.2) is 41.1 Å². The number of aromatic hydroxyl groups is 1. The fourth-order valence-corrected chi connectivity index (χ4v) is 2.50. The van der Waals surface area contributed by atoms with E-state index in [9.17, 15) is 5.11 Å². The van der Waals surface area contributed by atoms with E-state index in [2.05, 4.69) is 22.2 Å². The molecular formula is C14H18N4O. The van der Waals surface area contributed by atoms with Gasteiger partial charge in [-0.05, 0) is 19.1 Å². The van der Waals surface area contributed by atoms with Crippen molar-refractivity contribution in [3.63, 3.8) is 0 Å². The normalized spacial score (nSPS) is 15.7. The lowest BCUT2D eigenvalue weighted by atomic mass is 10.2. The smallest absolute Gasteiger partial charge is 0.117 e. The molecule has 0 radical (unpaired) electrons. The van der Waals surface area contributed by atoms with Crippen LogP contribution in [0.4, 0.5) is 5.69 Å². The van der Waals surface area contributed by atoms with Crippen molar-refractivity contribution in [2.75, 3.05) is 31.1 Å². The lowest BCUT2D eigenvalue weighted by molar-refractivity contribution is 0.475. The van der Waals surface area contributed by atoms with Gasteiger partial charge in [-0.2, -0.15) is 5.10 Å². The molecular weight excluding hydrogens is 240 g/mol. The van der Waals surface area contributed by atoms with Gasteiger partial charge in [-0.3, -0.25) is 0 Å². The number of rotatable bonds is 2. The quantitative estimate of drug-likeness (QED) is 0.852. The van der Waals surface area contributed by atoms with Crippen LogP contribution in [0.5, 0.6) is 5.75 Å². The minimum Gasteiger partial charge on any atom is -0.508 e. The van der Waals surface area contributed by atoms with Crippen molar-refractivity contribution in [3.8, 4) is 11.4 Å². The number of phenols is 1. The van der Waals surface area contributed by atoms with Crippen molar-refractivity contribution in [2.24, 2.45) is 0 Å². The molecule has 1 saturated heterocycles. The molecule has 3 rings (SSSR count). The number of phenolic OH excluding ortho intramolecular Hbond substituents is 1. The Morgan fingerprint density at radius 1 is 1.26 bits per heavy atom. The van der Waals surface area contributed by atoms with Crippen molar-refractivity contribution in [3.05, 3.63) is 36.2 Å². The van der Waals surface area contributed by atoms with Crippen LogP contribution in [0.1, 0.15) is 5.69 Å². The van der Waals surface area contributed by atoms with Crippen LogP contribution >= 0.6 is 0 Å². The monoisotopic (exact) mass is 258 g/mol. The van der Waals surface area contributed by atoms with E-state index in [0.29, 0.717) is 0 Å². The molecule has 2 N–H and O–H groups in total. The van der Waals surface area contributed by atoms with Crippen molar-refractivity contribution >= 4 is 5.69 Å². The van der Waals surface area contributed by atoms with Crippen molar-refractivity contribution in [1.82, 2.24) is 15.1 Å². The third-order valence-electron chi connectivity index (χ3n) is 3.52. The molecule has 100 valence electrons. The summed E-state index contributed by atoms with van der Waals surface area (Å²) < 4.78 is 1.87. The van der Waals surface area contributed by atoms with Crippen molar-refractivity contribution < 1.29 is 5.11 Å². The van der Waals surface area contributed by atoms with E-state index in [1.54, 1.807) is 12.1 Å². The summed E-state index contributed by atoms with van der Waals surface area (Å²) in [7, 11) is 0. The highest BCUT2D eigenvalue weighted by atomic mass is 16.3. The van der Waals surface area contributed by atoms with Crippen LogP contribution in [0.3, 0.4) is 0 Å². The first-order valence-electron chi connectivity index (χ1n) is 6.55. The zero-order chi connectivity index (χ0) is 13.2. The maximum atomic E-state index is 9.56. The van der Waals surface area contributed by atoms with Crippen LogP contribution in [0, 0.1) is 6.92 Å². The van der Waals surface area contributed by atoms with E-state index in [1.807, 2.05) is 23.0 Å². The molecule has 1 fully saturated rings. The number of nitrogens with zero attached hydrogens (tertiary/aromatic N) is 3. The average Bonchev–Trinajstić information content (AvgIpc) is 2.81. The topological polar surface area (TPSA) is 53.3 Å². The maximum Gasteiger partial charge on any atom is 0.117 e. The average molecular weight is 258 g/mol. The number of benzene rings is 1. The molecule has 5 heteroatoms. The molecule has 0 spiro atoms. The summed E-state index contributed by atoms with van der Waals surface area (Å²) in [6.45, 7) is 6.10. The minimum atomic E-state index is 0.260. The summed E-state index contributed by atoms with van der Waals surface area (Å²) in [5.41, 5.74) is 3.16. The molecule has 1 aromatic heterocycles. The number of aromatic nitrogens is 2. The van der Waals surface area contributed by atoms with Gasteiger partial charge in [-0.25, -0.2) is 4.68 Å². The molecule has 1 aromatic carbocycles.